The lowest BCUT2D eigenvalue weighted by molar-refractivity contribution is -0.201. The van der Waals surface area contributed by atoms with Gasteiger partial charge in [-0.1, -0.05) is 30.3 Å². The van der Waals surface area contributed by atoms with Crippen LogP contribution in [0, 0.1) is 0 Å². The van der Waals surface area contributed by atoms with Crippen LogP contribution in [0.3, 0.4) is 0 Å². The lowest BCUT2D eigenvalue weighted by Gasteiger charge is -2.14. The lowest BCUT2D eigenvalue weighted by Crippen LogP contribution is -2.40. The maximum Gasteiger partial charge on any atom is 0.415 e. The Morgan fingerprint density at radius 1 is 1.29 bits per heavy atom. The van der Waals surface area contributed by atoms with Crippen molar-refractivity contribution in [2.45, 2.75) is 12.3 Å². The van der Waals surface area contributed by atoms with E-state index in [9.17, 15) is 18.0 Å². The summed E-state index contributed by atoms with van der Waals surface area (Å²) in [6.45, 7) is -0.931. The average molecular weight is 247 g/mol. The van der Waals surface area contributed by atoms with Gasteiger partial charge in [-0.25, -0.2) is 0 Å². The Hall–Kier alpha value is -1.40. The third-order valence-corrected chi connectivity index (χ3v) is 2.10. The third kappa shape index (κ3) is 4.54. The molecule has 0 aliphatic rings. The molecule has 0 aliphatic carbocycles. The minimum atomic E-state index is -4.66. The van der Waals surface area contributed by atoms with Gasteiger partial charge in [-0.2, -0.15) is 13.2 Å². The minimum absolute atomic E-state index is 0.239. The van der Waals surface area contributed by atoms with Gasteiger partial charge in [0, 0.05) is 12.1 Å². The highest BCUT2D eigenvalue weighted by Gasteiger charge is 2.37. The number of alkyl halides is 3. The predicted molar refractivity (Wildman–Crippen MR) is 55.7 cm³/mol. The number of aliphatic hydroxyl groups excluding tert-OH is 1. The zero-order chi connectivity index (χ0) is 12.9. The quantitative estimate of drug-likeness (QED) is 0.773. The molecular formula is C11H12F3NO2. The molecular weight excluding hydrogens is 235 g/mol. The number of carbonyl (C=O) groups is 1. The first-order valence-corrected chi connectivity index (χ1v) is 4.95. The van der Waals surface area contributed by atoms with Crippen LogP contribution >= 0.6 is 0 Å². The van der Waals surface area contributed by atoms with Gasteiger partial charge in [0.25, 0.3) is 0 Å². The SMILES string of the molecule is O=C(CNCC(O)C(F)(F)F)c1ccccc1. The van der Waals surface area contributed by atoms with Crippen LogP contribution < -0.4 is 5.32 Å². The fourth-order valence-corrected chi connectivity index (χ4v) is 1.16. The number of carbonyl (C=O) groups excluding carboxylic acids is 1. The van der Waals surface area contributed by atoms with E-state index in [1.54, 1.807) is 30.3 Å². The molecule has 0 saturated carbocycles. The highest BCUT2D eigenvalue weighted by molar-refractivity contribution is 5.97. The number of aliphatic hydroxyl groups is 1. The summed E-state index contributed by atoms with van der Waals surface area (Å²) in [5, 5.41) is 10.9. The molecule has 0 fully saturated rings. The van der Waals surface area contributed by atoms with Gasteiger partial charge in [0.2, 0.25) is 0 Å². The van der Waals surface area contributed by atoms with Crippen molar-refractivity contribution < 1.29 is 23.1 Å². The average Bonchev–Trinajstić information content (AvgIpc) is 2.28. The second kappa shape index (κ2) is 5.79. The third-order valence-electron chi connectivity index (χ3n) is 2.10. The maximum atomic E-state index is 11.9. The molecule has 1 rings (SSSR count). The molecule has 6 heteroatoms. The molecule has 3 nitrogen and oxygen atoms in total. The lowest BCUT2D eigenvalue weighted by atomic mass is 10.1. The van der Waals surface area contributed by atoms with Gasteiger partial charge in [0.05, 0.1) is 6.54 Å². The van der Waals surface area contributed by atoms with Gasteiger partial charge in [-0.15, -0.1) is 0 Å². The zero-order valence-electron chi connectivity index (χ0n) is 8.87. The second-order valence-corrected chi connectivity index (χ2v) is 3.48. The molecule has 0 radical (unpaired) electrons. The summed E-state index contributed by atoms with van der Waals surface area (Å²) in [6, 6.07) is 8.21. The van der Waals surface area contributed by atoms with Crippen molar-refractivity contribution in [1.29, 1.82) is 0 Å². The molecule has 0 aromatic heterocycles. The molecule has 1 aromatic rings. The van der Waals surface area contributed by atoms with E-state index in [4.69, 9.17) is 5.11 Å². The monoisotopic (exact) mass is 247 g/mol. The second-order valence-electron chi connectivity index (χ2n) is 3.48. The van der Waals surface area contributed by atoms with Crippen LogP contribution in [0.2, 0.25) is 0 Å². The summed E-state index contributed by atoms with van der Waals surface area (Å²) in [5.41, 5.74) is 0.418. The van der Waals surface area contributed by atoms with Gasteiger partial charge in [0.1, 0.15) is 0 Å². The molecule has 0 spiro atoms. The first-order valence-electron chi connectivity index (χ1n) is 4.95. The number of rotatable bonds is 5. The van der Waals surface area contributed by atoms with Crippen LogP contribution in [0.15, 0.2) is 30.3 Å². The van der Waals surface area contributed by atoms with E-state index >= 15 is 0 Å². The van der Waals surface area contributed by atoms with E-state index in [0.29, 0.717) is 5.56 Å². The Balaban J connectivity index is 2.35. The first-order chi connectivity index (χ1) is 7.91. The van der Waals surface area contributed by atoms with Crippen molar-refractivity contribution in [3.8, 4) is 0 Å². The molecule has 94 valence electrons. The Kier molecular flexibility index (Phi) is 4.65. The van der Waals surface area contributed by atoms with E-state index in [0.717, 1.165) is 0 Å². The Morgan fingerprint density at radius 3 is 2.41 bits per heavy atom. The van der Waals surface area contributed by atoms with Crippen LogP contribution in [0.25, 0.3) is 0 Å². The highest BCUT2D eigenvalue weighted by Crippen LogP contribution is 2.19. The molecule has 2 N–H and O–H groups in total. The van der Waals surface area contributed by atoms with E-state index < -0.39 is 18.8 Å². The summed E-state index contributed by atoms with van der Waals surface area (Å²) in [7, 11) is 0. The van der Waals surface area contributed by atoms with Crippen molar-refractivity contribution >= 4 is 5.78 Å². The van der Waals surface area contributed by atoms with Gasteiger partial charge in [0.15, 0.2) is 11.9 Å². The fraction of sp³-hybridized carbons (Fsp3) is 0.364. The van der Waals surface area contributed by atoms with Crippen molar-refractivity contribution in [3.63, 3.8) is 0 Å². The normalized spacial score (nSPS) is 13.4. The zero-order valence-corrected chi connectivity index (χ0v) is 8.87. The summed E-state index contributed by atoms with van der Waals surface area (Å²) in [6.07, 6.45) is -7.12. The molecule has 17 heavy (non-hydrogen) atoms. The summed E-state index contributed by atoms with van der Waals surface area (Å²) in [4.78, 5) is 11.5. The van der Waals surface area contributed by atoms with E-state index in [1.165, 1.54) is 0 Å². The van der Waals surface area contributed by atoms with Gasteiger partial charge < -0.3 is 10.4 Å². The van der Waals surface area contributed by atoms with Crippen molar-refractivity contribution in [3.05, 3.63) is 35.9 Å². The molecule has 1 unspecified atom stereocenters. The van der Waals surface area contributed by atoms with Gasteiger partial charge in [-0.05, 0) is 0 Å². The van der Waals surface area contributed by atoms with Crippen LogP contribution in [0.4, 0.5) is 13.2 Å². The number of hydrogen-bond acceptors (Lipinski definition) is 3. The number of nitrogens with one attached hydrogen (secondary N) is 1. The predicted octanol–water partition coefficient (Wildman–Crippen LogP) is 1.38. The largest absolute Gasteiger partial charge is 0.415 e. The number of benzene rings is 1. The first kappa shape index (κ1) is 13.7. The van der Waals surface area contributed by atoms with E-state index in [-0.39, 0.29) is 12.3 Å². The number of hydrogen-bond donors (Lipinski definition) is 2. The fourth-order valence-electron chi connectivity index (χ4n) is 1.16. The van der Waals surface area contributed by atoms with Gasteiger partial charge in [-0.3, -0.25) is 4.79 Å². The number of halogens is 3. The molecule has 0 aliphatic heterocycles. The number of Topliss-reactive ketones (excluding diaryl/α,β-unsaturated/α-hetero) is 1. The standard InChI is InChI=1S/C11H12F3NO2/c12-11(13,14)10(17)7-15-6-9(16)8-4-2-1-3-5-8/h1-5,10,15,17H,6-7H2. The summed E-state index contributed by atoms with van der Waals surface area (Å²) >= 11 is 0. The Labute approximate surface area is 96.3 Å². The van der Waals surface area contributed by atoms with Gasteiger partial charge >= 0.3 is 6.18 Å². The Bertz CT molecular complexity index is 365. The van der Waals surface area contributed by atoms with E-state index in [2.05, 4.69) is 5.32 Å². The molecule has 1 aromatic carbocycles. The van der Waals surface area contributed by atoms with Crippen LogP contribution in [0.1, 0.15) is 10.4 Å². The molecule has 0 heterocycles. The van der Waals surface area contributed by atoms with Crippen LogP contribution in [-0.2, 0) is 0 Å². The molecule has 1 atom stereocenters. The van der Waals surface area contributed by atoms with Crippen LogP contribution in [0.5, 0.6) is 0 Å². The van der Waals surface area contributed by atoms with Crippen molar-refractivity contribution in [1.82, 2.24) is 5.32 Å². The molecule has 0 bridgehead atoms. The Morgan fingerprint density at radius 2 is 1.88 bits per heavy atom. The topological polar surface area (TPSA) is 49.3 Å². The van der Waals surface area contributed by atoms with E-state index in [1.807, 2.05) is 0 Å². The minimum Gasteiger partial charge on any atom is -0.382 e. The van der Waals surface area contributed by atoms with Crippen LogP contribution in [-0.4, -0.2) is 36.3 Å². The maximum absolute atomic E-state index is 11.9. The summed E-state index contributed by atoms with van der Waals surface area (Å²) < 4.78 is 35.8. The highest BCUT2D eigenvalue weighted by atomic mass is 19.4. The molecule has 0 amide bonds. The van der Waals surface area contributed by atoms with Crippen molar-refractivity contribution in [2.75, 3.05) is 13.1 Å². The summed E-state index contributed by atoms with van der Waals surface area (Å²) in [5.74, 6) is -0.319. The number of ketones is 1. The molecule has 0 saturated heterocycles. The van der Waals surface area contributed by atoms with Crippen molar-refractivity contribution in [2.24, 2.45) is 0 Å². The smallest absolute Gasteiger partial charge is 0.382 e.